The number of benzene rings is 3. The van der Waals surface area contributed by atoms with Crippen molar-refractivity contribution in [2.45, 2.75) is 26.8 Å². The Kier molecular flexibility index (Phi) is 7.68. The molecule has 2 aromatic heterocycles. The molecule has 3 aromatic carbocycles. The van der Waals surface area contributed by atoms with Crippen LogP contribution in [0.15, 0.2) is 73.3 Å². The Hall–Kier alpha value is -3.42. The van der Waals surface area contributed by atoms with Crippen LogP contribution in [0.2, 0.25) is 0 Å². The van der Waals surface area contributed by atoms with E-state index in [0.717, 1.165) is 34.0 Å². The Morgan fingerprint density at radius 3 is 2.71 bits per heavy atom. The third kappa shape index (κ3) is 5.63. The maximum Gasteiger partial charge on any atom is 0.266 e. The molecule has 1 amide bonds. The van der Waals surface area contributed by atoms with Gasteiger partial charge in [0.1, 0.15) is 5.75 Å². The third-order valence-electron chi connectivity index (χ3n) is 5.78. The van der Waals surface area contributed by atoms with Crippen molar-refractivity contribution in [1.29, 1.82) is 0 Å². The van der Waals surface area contributed by atoms with Crippen LogP contribution in [0.1, 0.15) is 17.5 Å². The molecule has 0 aliphatic rings. The van der Waals surface area contributed by atoms with Gasteiger partial charge in [0.05, 0.1) is 16.5 Å². The van der Waals surface area contributed by atoms with Crippen LogP contribution in [-0.2, 0) is 11.3 Å². The van der Waals surface area contributed by atoms with Gasteiger partial charge in [0.25, 0.3) is 5.91 Å². The van der Waals surface area contributed by atoms with Crippen molar-refractivity contribution in [2.75, 3.05) is 18.1 Å². The lowest BCUT2D eigenvalue weighted by molar-refractivity contribution is -0.120. The van der Waals surface area contributed by atoms with E-state index < -0.39 is 0 Å². The Balaban J connectivity index is 0.00000289. The molecule has 5 rings (SSSR count). The van der Waals surface area contributed by atoms with E-state index >= 15 is 0 Å². The van der Waals surface area contributed by atoms with E-state index in [1.165, 1.54) is 11.1 Å². The summed E-state index contributed by atoms with van der Waals surface area (Å²) in [6, 6.07) is 18.2. The molecular weight excluding hydrogens is 480 g/mol. The van der Waals surface area contributed by atoms with Crippen LogP contribution < -0.4 is 9.64 Å². The Morgan fingerprint density at radius 2 is 1.91 bits per heavy atom. The highest BCUT2D eigenvalue weighted by molar-refractivity contribution is 7.22. The van der Waals surface area contributed by atoms with Gasteiger partial charge < -0.3 is 9.30 Å². The maximum atomic E-state index is 13.4. The summed E-state index contributed by atoms with van der Waals surface area (Å²) in [4.78, 5) is 24.0. The van der Waals surface area contributed by atoms with E-state index in [9.17, 15) is 4.79 Å². The molecule has 180 valence electrons. The summed E-state index contributed by atoms with van der Waals surface area (Å²) >= 11 is 1.56. The van der Waals surface area contributed by atoms with Gasteiger partial charge in [-0.05, 0) is 60.4 Å². The number of carbonyl (C=O) groups is 1. The van der Waals surface area contributed by atoms with E-state index in [1.54, 1.807) is 28.8 Å². The fourth-order valence-corrected chi connectivity index (χ4v) is 5.18. The number of aromatic nitrogens is 3. The summed E-state index contributed by atoms with van der Waals surface area (Å²) in [5, 5.41) is 2.94. The molecule has 0 aliphatic heterocycles. The van der Waals surface area contributed by atoms with Crippen molar-refractivity contribution >= 4 is 55.8 Å². The van der Waals surface area contributed by atoms with Gasteiger partial charge in [0, 0.05) is 25.5 Å². The van der Waals surface area contributed by atoms with Crippen molar-refractivity contribution < 1.29 is 9.53 Å². The van der Waals surface area contributed by atoms with E-state index in [1.807, 2.05) is 47.2 Å². The fourth-order valence-electron chi connectivity index (χ4n) is 4.12. The lowest BCUT2D eigenvalue weighted by Gasteiger charge is -2.20. The molecule has 0 atom stereocenters. The summed E-state index contributed by atoms with van der Waals surface area (Å²) in [5.41, 5.74) is 3.27. The van der Waals surface area contributed by atoms with E-state index in [0.29, 0.717) is 17.4 Å². The van der Waals surface area contributed by atoms with Gasteiger partial charge >= 0.3 is 0 Å². The zero-order valence-electron chi connectivity index (χ0n) is 19.7. The number of aryl methyl sites for hydroxylation is 3. The standard InChI is InChI=1S/C27H26N4O2S.ClH/c1-19-14-20(2)26-24(15-19)29-27(34-26)31(12-5-11-30-13-10-28-18-30)25(32)17-33-23-9-8-21-6-3-4-7-22(21)16-23;/h3-4,6-10,13-16,18H,5,11-12,17H2,1-2H3;1H. The van der Waals surface area contributed by atoms with Crippen LogP contribution in [0.5, 0.6) is 5.75 Å². The second-order valence-corrected chi connectivity index (χ2v) is 9.40. The second kappa shape index (κ2) is 10.9. The maximum absolute atomic E-state index is 13.4. The highest BCUT2D eigenvalue weighted by Gasteiger charge is 2.21. The normalized spacial score (nSPS) is 10.9. The monoisotopic (exact) mass is 506 g/mol. The molecule has 0 spiro atoms. The highest BCUT2D eigenvalue weighted by atomic mass is 35.5. The molecular formula is C27H27ClN4O2S. The predicted molar refractivity (Wildman–Crippen MR) is 145 cm³/mol. The van der Waals surface area contributed by atoms with Crippen molar-refractivity contribution in [3.8, 4) is 5.75 Å². The highest BCUT2D eigenvalue weighted by Crippen LogP contribution is 2.32. The minimum absolute atomic E-state index is 0. The largest absolute Gasteiger partial charge is 0.484 e. The molecule has 0 fully saturated rings. The Labute approximate surface area is 214 Å². The number of rotatable bonds is 8. The van der Waals surface area contributed by atoms with Crippen LogP contribution in [0, 0.1) is 13.8 Å². The first kappa shape index (κ1) is 24.7. The first-order chi connectivity index (χ1) is 16.6. The van der Waals surface area contributed by atoms with E-state index in [4.69, 9.17) is 9.72 Å². The average Bonchev–Trinajstić information content (AvgIpc) is 3.50. The van der Waals surface area contributed by atoms with Crippen LogP contribution in [-0.4, -0.2) is 33.6 Å². The molecule has 0 bridgehead atoms. The molecule has 0 unspecified atom stereocenters. The first-order valence-corrected chi connectivity index (χ1v) is 12.1. The number of thiazole rings is 1. The van der Waals surface area contributed by atoms with Gasteiger partial charge in [0.2, 0.25) is 0 Å². The molecule has 0 radical (unpaired) electrons. The minimum atomic E-state index is -0.104. The molecule has 8 heteroatoms. The number of amides is 1. The minimum Gasteiger partial charge on any atom is -0.484 e. The molecule has 35 heavy (non-hydrogen) atoms. The van der Waals surface area contributed by atoms with Gasteiger partial charge in [-0.15, -0.1) is 12.4 Å². The summed E-state index contributed by atoms with van der Waals surface area (Å²) in [6.07, 6.45) is 6.27. The van der Waals surface area contributed by atoms with Crippen LogP contribution >= 0.6 is 23.7 Å². The quantitative estimate of drug-likeness (QED) is 0.252. The van der Waals surface area contributed by atoms with Gasteiger partial charge in [-0.1, -0.05) is 47.7 Å². The summed E-state index contributed by atoms with van der Waals surface area (Å²) in [5.74, 6) is 0.577. The van der Waals surface area contributed by atoms with E-state index in [-0.39, 0.29) is 24.9 Å². The zero-order valence-corrected chi connectivity index (χ0v) is 21.3. The molecule has 0 N–H and O–H groups in total. The molecule has 2 heterocycles. The van der Waals surface area contributed by atoms with Crippen LogP contribution in [0.3, 0.4) is 0 Å². The van der Waals surface area contributed by atoms with Crippen molar-refractivity contribution in [1.82, 2.24) is 14.5 Å². The van der Waals surface area contributed by atoms with Crippen molar-refractivity contribution in [3.63, 3.8) is 0 Å². The number of imidazole rings is 1. The molecule has 5 aromatic rings. The number of fused-ring (bicyclic) bond motifs is 2. The van der Waals surface area contributed by atoms with Crippen LogP contribution in [0.4, 0.5) is 5.13 Å². The molecule has 6 nitrogen and oxygen atoms in total. The van der Waals surface area contributed by atoms with Gasteiger partial charge in [-0.2, -0.15) is 0 Å². The van der Waals surface area contributed by atoms with Crippen LogP contribution in [0.25, 0.3) is 21.0 Å². The third-order valence-corrected chi connectivity index (χ3v) is 7.01. The lowest BCUT2D eigenvalue weighted by Crippen LogP contribution is -2.36. The number of hydrogen-bond acceptors (Lipinski definition) is 5. The predicted octanol–water partition coefficient (Wildman–Crippen LogP) is 6.19. The SMILES string of the molecule is Cc1cc(C)c2sc(N(CCCn3ccnc3)C(=O)COc3ccc4ccccc4c3)nc2c1.Cl. The number of ether oxygens (including phenoxy) is 1. The number of nitrogens with zero attached hydrogens (tertiary/aromatic N) is 4. The molecule has 0 saturated carbocycles. The van der Waals surface area contributed by atoms with Gasteiger partial charge in [0.15, 0.2) is 11.7 Å². The topological polar surface area (TPSA) is 60.2 Å². The average molecular weight is 507 g/mol. The number of carbonyl (C=O) groups excluding carboxylic acids is 1. The number of hydrogen-bond donors (Lipinski definition) is 0. The lowest BCUT2D eigenvalue weighted by atomic mass is 10.1. The van der Waals surface area contributed by atoms with Gasteiger partial charge in [-0.25, -0.2) is 9.97 Å². The smallest absolute Gasteiger partial charge is 0.266 e. The van der Waals surface area contributed by atoms with Gasteiger partial charge in [-0.3, -0.25) is 9.69 Å². The zero-order chi connectivity index (χ0) is 23.5. The molecule has 0 aliphatic carbocycles. The fraction of sp³-hybridized carbons (Fsp3) is 0.222. The Morgan fingerprint density at radius 1 is 1.09 bits per heavy atom. The summed E-state index contributed by atoms with van der Waals surface area (Å²) in [6.45, 7) is 5.44. The van der Waals surface area contributed by atoms with Crippen molar-refractivity contribution in [3.05, 3.63) is 84.4 Å². The van der Waals surface area contributed by atoms with E-state index in [2.05, 4.69) is 37.0 Å². The number of anilines is 1. The first-order valence-electron chi connectivity index (χ1n) is 11.3. The number of halogens is 1. The Bertz CT molecular complexity index is 1450. The van der Waals surface area contributed by atoms with Crippen molar-refractivity contribution in [2.24, 2.45) is 0 Å². The molecule has 0 saturated heterocycles. The summed E-state index contributed by atoms with van der Waals surface area (Å²) < 4.78 is 9.05. The summed E-state index contributed by atoms with van der Waals surface area (Å²) in [7, 11) is 0. The second-order valence-electron chi connectivity index (χ2n) is 8.42.